The van der Waals surface area contributed by atoms with Crippen molar-refractivity contribution < 1.29 is 9.90 Å². The standard InChI is InChI=1S/C15H19Cl2NO2/c1-18(10-15(20)6-2-3-7-15)14(19)8-11-4-5-12(16)9-13(11)17/h4-5,9,20H,2-3,6-8,10H2,1H3. The number of aliphatic hydroxyl groups is 1. The van der Waals surface area contributed by atoms with Gasteiger partial charge in [-0.3, -0.25) is 4.79 Å². The van der Waals surface area contributed by atoms with Crippen molar-refractivity contribution in [2.24, 2.45) is 0 Å². The van der Waals surface area contributed by atoms with Gasteiger partial charge < -0.3 is 10.0 Å². The van der Waals surface area contributed by atoms with Crippen LogP contribution < -0.4 is 0 Å². The third kappa shape index (κ3) is 3.87. The molecule has 5 heteroatoms. The van der Waals surface area contributed by atoms with Crippen molar-refractivity contribution in [1.82, 2.24) is 4.90 Å². The molecular formula is C15H19Cl2NO2. The molecule has 110 valence electrons. The smallest absolute Gasteiger partial charge is 0.226 e. The zero-order valence-electron chi connectivity index (χ0n) is 11.5. The molecular weight excluding hydrogens is 297 g/mol. The minimum Gasteiger partial charge on any atom is -0.388 e. The number of amides is 1. The summed E-state index contributed by atoms with van der Waals surface area (Å²) >= 11 is 11.9. The van der Waals surface area contributed by atoms with Gasteiger partial charge in [0.2, 0.25) is 5.91 Å². The molecule has 0 saturated heterocycles. The van der Waals surface area contributed by atoms with Crippen molar-refractivity contribution in [3.63, 3.8) is 0 Å². The molecule has 1 saturated carbocycles. The van der Waals surface area contributed by atoms with E-state index in [4.69, 9.17) is 23.2 Å². The molecule has 0 aliphatic heterocycles. The second kappa shape index (κ2) is 6.33. The number of hydrogen-bond donors (Lipinski definition) is 1. The van der Waals surface area contributed by atoms with E-state index >= 15 is 0 Å². The Labute approximate surface area is 129 Å². The Hall–Kier alpha value is -0.770. The van der Waals surface area contributed by atoms with E-state index in [1.807, 2.05) is 0 Å². The molecule has 1 aromatic carbocycles. The minimum atomic E-state index is -0.714. The largest absolute Gasteiger partial charge is 0.388 e. The van der Waals surface area contributed by atoms with Crippen LogP contribution in [0, 0.1) is 0 Å². The Morgan fingerprint density at radius 2 is 2.00 bits per heavy atom. The van der Waals surface area contributed by atoms with E-state index in [0.717, 1.165) is 31.2 Å². The van der Waals surface area contributed by atoms with Gasteiger partial charge in [0.25, 0.3) is 0 Å². The minimum absolute atomic E-state index is 0.0467. The molecule has 0 spiro atoms. The molecule has 1 aliphatic carbocycles. The first kappa shape index (κ1) is 15.6. The number of carbonyl (C=O) groups is 1. The summed E-state index contributed by atoms with van der Waals surface area (Å²) in [5.41, 5.74) is 0.0418. The van der Waals surface area contributed by atoms with Gasteiger partial charge in [0.15, 0.2) is 0 Å². The number of nitrogens with zero attached hydrogens (tertiary/aromatic N) is 1. The third-order valence-electron chi connectivity index (χ3n) is 3.85. The second-order valence-corrected chi connectivity index (χ2v) is 6.44. The average Bonchev–Trinajstić information content (AvgIpc) is 2.79. The van der Waals surface area contributed by atoms with Crippen molar-refractivity contribution in [1.29, 1.82) is 0 Å². The summed E-state index contributed by atoms with van der Waals surface area (Å²) in [6.07, 6.45) is 3.82. The van der Waals surface area contributed by atoms with Gasteiger partial charge in [-0.25, -0.2) is 0 Å². The summed E-state index contributed by atoms with van der Waals surface area (Å²) in [5, 5.41) is 11.4. The third-order valence-corrected chi connectivity index (χ3v) is 4.44. The van der Waals surface area contributed by atoms with E-state index in [0.29, 0.717) is 16.6 Å². The van der Waals surface area contributed by atoms with Crippen molar-refractivity contribution in [2.75, 3.05) is 13.6 Å². The predicted molar refractivity (Wildman–Crippen MR) is 81.2 cm³/mol. The lowest BCUT2D eigenvalue weighted by atomic mass is 10.0. The van der Waals surface area contributed by atoms with Gasteiger partial charge in [0.05, 0.1) is 12.0 Å². The van der Waals surface area contributed by atoms with Crippen molar-refractivity contribution in [3.05, 3.63) is 33.8 Å². The summed E-state index contributed by atoms with van der Waals surface area (Å²) < 4.78 is 0. The van der Waals surface area contributed by atoms with Crippen LogP contribution in [-0.4, -0.2) is 35.1 Å². The lowest BCUT2D eigenvalue weighted by Gasteiger charge is -2.28. The number of rotatable bonds is 4. The maximum atomic E-state index is 12.2. The molecule has 1 aromatic rings. The highest BCUT2D eigenvalue weighted by molar-refractivity contribution is 6.35. The van der Waals surface area contributed by atoms with Crippen molar-refractivity contribution >= 4 is 29.1 Å². The first-order valence-electron chi connectivity index (χ1n) is 6.80. The molecule has 1 N–H and O–H groups in total. The number of hydrogen-bond acceptors (Lipinski definition) is 2. The Morgan fingerprint density at radius 1 is 1.35 bits per heavy atom. The molecule has 1 amide bonds. The first-order valence-corrected chi connectivity index (χ1v) is 7.55. The van der Waals surface area contributed by atoms with Crippen LogP contribution in [-0.2, 0) is 11.2 Å². The SMILES string of the molecule is CN(CC1(O)CCCC1)C(=O)Cc1ccc(Cl)cc1Cl. The highest BCUT2D eigenvalue weighted by Gasteiger charge is 2.33. The van der Waals surface area contributed by atoms with E-state index < -0.39 is 5.60 Å². The Balaban J connectivity index is 1.97. The van der Waals surface area contributed by atoms with Crippen LogP contribution >= 0.6 is 23.2 Å². The maximum Gasteiger partial charge on any atom is 0.226 e. The fraction of sp³-hybridized carbons (Fsp3) is 0.533. The van der Waals surface area contributed by atoms with Crippen LogP contribution in [0.25, 0.3) is 0 Å². The van der Waals surface area contributed by atoms with Gasteiger partial charge in [-0.2, -0.15) is 0 Å². The molecule has 0 aromatic heterocycles. The summed E-state index contributed by atoms with van der Waals surface area (Å²) in [5.74, 6) is -0.0467. The number of carbonyl (C=O) groups excluding carboxylic acids is 1. The summed E-state index contributed by atoms with van der Waals surface area (Å²) in [6, 6.07) is 5.12. The molecule has 1 fully saturated rings. The van der Waals surface area contributed by atoms with Crippen LogP contribution in [0.15, 0.2) is 18.2 Å². The average molecular weight is 316 g/mol. The van der Waals surface area contributed by atoms with Crippen molar-refractivity contribution in [3.8, 4) is 0 Å². The Bertz CT molecular complexity index is 499. The molecule has 3 nitrogen and oxygen atoms in total. The molecule has 0 bridgehead atoms. The highest BCUT2D eigenvalue weighted by atomic mass is 35.5. The van der Waals surface area contributed by atoms with Gasteiger partial charge in [0, 0.05) is 23.6 Å². The molecule has 0 heterocycles. The normalized spacial score (nSPS) is 17.2. The number of halogens is 2. The van der Waals surface area contributed by atoms with E-state index in [-0.39, 0.29) is 12.3 Å². The predicted octanol–water partition coefficient (Wildman–Crippen LogP) is 3.30. The van der Waals surface area contributed by atoms with Gasteiger partial charge in [-0.1, -0.05) is 42.1 Å². The Morgan fingerprint density at radius 3 is 2.60 bits per heavy atom. The van der Waals surface area contributed by atoms with Gasteiger partial charge in [-0.15, -0.1) is 0 Å². The lowest BCUT2D eigenvalue weighted by Crippen LogP contribution is -2.42. The van der Waals surface area contributed by atoms with Gasteiger partial charge >= 0.3 is 0 Å². The molecule has 2 rings (SSSR count). The van der Waals surface area contributed by atoms with E-state index in [9.17, 15) is 9.90 Å². The molecule has 0 radical (unpaired) electrons. The van der Waals surface area contributed by atoms with Crippen LogP contribution in [0.2, 0.25) is 10.0 Å². The fourth-order valence-electron chi connectivity index (χ4n) is 2.68. The van der Waals surface area contributed by atoms with Crippen LogP contribution in [0.1, 0.15) is 31.2 Å². The Kier molecular flexibility index (Phi) is 4.95. The highest BCUT2D eigenvalue weighted by Crippen LogP contribution is 2.30. The summed E-state index contributed by atoms with van der Waals surface area (Å²) in [6.45, 7) is 0.386. The lowest BCUT2D eigenvalue weighted by molar-refractivity contribution is -0.132. The number of likely N-dealkylation sites (N-methyl/N-ethyl adjacent to an activating group) is 1. The van der Waals surface area contributed by atoms with Gasteiger partial charge in [0.1, 0.15) is 0 Å². The zero-order chi connectivity index (χ0) is 14.8. The topological polar surface area (TPSA) is 40.5 Å². The monoisotopic (exact) mass is 315 g/mol. The molecule has 1 aliphatic rings. The molecule has 0 unspecified atom stereocenters. The fourth-order valence-corrected chi connectivity index (χ4v) is 3.16. The summed E-state index contributed by atoms with van der Waals surface area (Å²) in [7, 11) is 1.72. The summed E-state index contributed by atoms with van der Waals surface area (Å²) in [4.78, 5) is 13.8. The van der Waals surface area contributed by atoms with Crippen LogP contribution in [0.3, 0.4) is 0 Å². The zero-order valence-corrected chi connectivity index (χ0v) is 13.0. The number of benzene rings is 1. The van der Waals surface area contributed by atoms with Crippen LogP contribution in [0.4, 0.5) is 0 Å². The van der Waals surface area contributed by atoms with Gasteiger partial charge in [-0.05, 0) is 30.5 Å². The van der Waals surface area contributed by atoms with Crippen molar-refractivity contribution in [2.45, 2.75) is 37.7 Å². The molecule has 20 heavy (non-hydrogen) atoms. The van der Waals surface area contributed by atoms with E-state index in [1.54, 1.807) is 30.1 Å². The van der Waals surface area contributed by atoms with E-state index in [1.165, 1.54) is 0 Å². The quantitative estimate of drug-likeness (QED) is 0.926. The first-order chi connectivity index (χ1) is 9.39. The van der Waals surface area contributed by atoms with E-state index in [2.05, 4.69) is 0 Å². The maximum absolute atomic E-state index is 12.2. The van der Waals surface area contributed by atoms with Crippen LogP contribution in [0.5, 0.6) is 0 Å². The second-order valence-electron chi connectivity index (χ2n) is 5.59. The molecule has 0 atom stereocenters.